The first kappa shape index (κ1) is 18.5. The lowest BCUT2D eigenvalue weighted by molar-refractivity contribution is -0.129. The van der Waals surface area contributed by atoms with Crippen LogP contribution < -0.4 is 10.1 Å². The number of hydrogen-bond donors (Lipinski definition) is 1. The molecule has 28 heavy (non-hydrogen) atoms. The Kier molecular flexibility index (Phi) is 5.58. The van der Waals surface area contributed by atoms with Gasteiger partial charge in [-0.1, -0.05) is 30.3 Å². The molecule has 2 saturated heterocycles. The van der Waals surface area contributed by atoms with E-state index >= 15 is 0 Å². The van der Waals surface area contributed by atoms with Crippen molar-refractivity contribution in [3.63, 3.8) is 0 Å². The van der Waals surface area contributed by atoms with Crippen molar-refractivity contribution in [2.24, 2.45) is 5.92 Å². The van der Waals surface area contributed by atoms with Crippen LogP contribution in [0.5, 0.6) is 11.5 Å². The second kappa shape index (κ2) is 8.44. The molecule has 2 amide bonds. The average Bonchev–Trinajstić information content (AvgIpc) is 3.35. The number of carbonyl (C=O) groups excluding carboxylic acids is 2. The van der Waals surface area contributed by atoms with Crippen LogP contribution in [0.2, 0.25) is 0 Å². The summed E-state index contributed by atoms with van der Waals surface area (Å²) in [4.78, 5) is 26.8. The first-order chi connectivity index (χ1) is 13.7. The fourth-order valence-corrected chi connectivity index (χ4v) is 3.67. The molecule has 0 spiro atoms. The Morgan fingerprint density at radius 3 is 2.71 bits per heavy atom. The fraction of sp³-hybridized carbons (Fsp3) is 0.364. The maximum Gasteiger partial charge on any atom is 0.229 e. The molecular weight excluding hydrogens is 356 g/mol. The van der Waals surface area contributed by atoms with Crippen molar-refractivity contribution >= 4 is 17.5 Å². The largest absolute Gasteiger partial charge is 0.455 e. The summed E-state index contributed by atoms with van der Waals surface area (Å²) in [6.45, 7) is 1.78. The van der Waals surface area contributed by atoms with E-state index in [0.717, 1.165) is 19.4 Å². The Morgan fingerprint density at radius 1 is 1.14 bits per heavy atom. The number of ether oxygens (including phenoxy) is 2. The number of rotatable bonds is 6. The first-order valence-electron chi connectivity index (χ1n) is 9.71. The second-order valence-electron chi connectivity index (χ2n) is 7.24. The molecule has 2 heterocycles. The number of nitrogens with one attached hydrogen (secondary N) is 1. The van der Waals surface area contributed by atoms with Crippen molar-refractivity contribution in [1.29, 1.82) is 0 Å². The van der Waals surface area contributed by atoms with Gasteiger partial charge >= 0.3 is 0 Å². The summed E-state index contributed by atoms with van der Waals surface area (Å²) >= 11 is 0. The quantitative estimate of drug-likeness (QED) is 0.834. The van der Waals surface area contributed by atoms with Crippen LogP contribution in [0.25, 0.3) is 0 Å². The normalized spacial score (nSPS) is 21.7. The third-order valence-corrected chi connectivity index (χ3v) is 5.15. The van der Waals surface area contributed by atoms with Gasteiger partial charge < -0.3 is 19.7 Å². The number of para-hydroxylation sites is 3. The van der Waals surface area contributed by atoms with Crippen molar-refractivity contribution in [2.75, 3.05) is 25.0 Å². The third-order valence-electron chi connectivity index (χ3n) is 5.15. The molecule has 0 radical (unpaired) electrons. The van der Waals surface area contributed by atoms with Crippen LogP contribution in [0.3, 0.4) is 0 Å². The molecule has 0 saturated carbocycles. The van der Waals surface area contributed by atoms with E-state index in [-0.39, 0.29) is 30.3 Å². The van der Waals surface area contributed by atoms with Crippen LogP contribution in [0.1, 0.15) is 19.3 Å². The Balaban J connectivity index is 1.39. The van der Waals surface area contributed by atoms with E-state index in [2.05, 4.69) is 5.32 Å². The molecule has 6 heteroatoms. The van der Waals surface area contributed by atoms with Gasteiger partial charge in [0.15, 0.2) is 5.75 Å². The highest BCUT2D eigenvalue weighted by Crippen LogP contribution is 2.30. The minimum Gasteiger partial charge on any atom is -0.455 e. The molecule has 2 atom stereocenters. The second-order valence-corrected chi connectivity index (χ2v) is 7.24. The zero-order valence-electron chi connectivity index (χ0n) is 15.7. The van der Waals surface area contributed by atoms with Gasteiger partial charge in [-0.15, -0.1) is 0 Å². The Labute approximate surface area is 164 Å². The Hall–Kier alpha value is -2.86. The van der Waals surface area contributed by atoms with Gasteiger partial charge in [0.25, 0.3) is 0 Å². The summed E-state index contributed by atoms with van der Waals surface area (Å²) in [6.07, 6.45) is 2.35. The summed E-state index contributed by atoms with van der Waals surface area (Å²) in [5.41, 5.74) is 0.598. The molecule has 2 unspecified atom stereocenters. The van der Waals surface area contributed by atoms with Crippen molar-refractivity contribution < 1.29 is 19.1 Å². The van der Waals surface area contributed by atoms with Crippen LogP contribution in [-0.4, -0.2) is 42.5 Å². The van der Waals surface area contributed by atoms with E-state index in [1.165, 1.54) is 0 Å². The molecule has 1 N–H and O–H groups in total. The minimum atomic E-state index is -0.362. The average molecular weight is 380 g/mol. The Bertz CT molecular complexity index is 833. The lowest BCUT2D eigenvalue weighted by atomic mass is 10.1. The van der Waals surface area contributed by atoms with E-state index in [1.807, 2.05) is 48.5 Å². The summed E-state index contributed by atoms with van der Waals surface area (Å²) in [7, 11) is 0. The maximum atomic E-state index is 12.8. The molecule has 6 nitrogen and oxygen atoms in total. The summed E-state index contributed by atoms with van der Waals surface area (Å²) in [5.74, 6) is 0.765. The molecule has 0 aromatic heterocycles. The number of hydrogen-bond acceptors (Lipinski definition) is 4. The number of benzene rings is 2. The van der Waals surface area contributed by atoms with Crippen LogP contribution in [0, 0.1) is 5.92 Å². The number of carbonyl (C=O) groups is 2. The van der Waals surface area contributed by atoms with E-state index in [0.29, 0.717) is 30.3 Å². The molecule has 2 fully saturated rings. The number of likely N-dealkylation sites (tertiary alicyclic amines) is 1. The standard InChI is InChI=1S/C22H24N2O4/c25-21-13-16(14-24(21)15-18-9-6-12-27-18)22(26)23-19-10-4-5-11-20(19)28-17-7-2-1-3-8-17/h1-5,7-8,10-11,16,18H,6,9,12-15H2,(H,23,26). The summed E-state index contributed by atoms with van der Waals surface area (Å²) in [5, 5.41) is 2.93. The third kappa shape index (κ3) is 4.34. The first-order valence-corrected chi connectivity index (χ1v) is 9.71. The van der Waals surface area contributed by atoms with Crippen LogP contribution in [0.15, 0.2) is 54.6 Å². The monoisotopic (exact) mass is 380 g/mol. The molecule has 0 aliphatic carbocycles. The van der Waals surface area contributed by atoms with Crippen LogP contribution in [-0.2, 0) is 14.3 Å². The highest BCUT2D eigenvalue weighted by Gasteiger charge is 2.36. The molecule has 2 aromatic carbocycles. The van der Waals surface area contributed by atoms with Gasteiger partial charge in [0, 0.05) is 26.1 Å². The molecule has 2 aliphatic rings. The zero-order valence-corrected chi connectivity index (χ0v) is 15.7. The topological polar surface area (TPSA) is 67.9 Å². The van der Waals surface area contributed by atoms with Gasteiger partial charge in [-0.05, 0) is 37.1 Å². The van der Waals surface area contributed by atoms with E-state index in [9.17, 15) is 9.59 Å². The predicted octanol–water partition coefficient (Wildman–Crippen LogP) is 3.44. The van der Waals surface area contributed by atoms with Gasteiger partial charge in [0.05, 0.1) is 17.7 Å². The predicted molar refractivity (Wildman–Crippen MR) is 105 cm³/mol. The van der Waals surface area contributed by atoms with Crippen molar-refractivity contribution in [3.05, 3.63) is 54.6 Å². The van der Waals surface area contributed by atoms with Crippen molar-refractivity contribution in [1.82, 2.24) is 4.90 Å². The molecule has 2 aromatic rings. The minimum absolute atomic E-state index is 0.0180. The van der Waals surface area contributed by atoms with E-state index in [4.69, 9.17) is 9.47 Å². The van der Waals surface area contributed by atoms with Crippen LogP contribution in [0.4, 0.5) is 5.69 Å². The SMILES string of the molecule is O=C(Nc1ccccc1Oc1ccccc1)C1CC(=O)N(CC2CCCO2)C1. The highest BCUT2D eigenvalue weighted by molar-refractivity contribution is 5.98. The van der Waals surface area contributed by atoms with Crippen molar-refractivity contribution in [3.8, 4) is 11.5 Å². The maximum absolute atomic E-state index is 12.8. The van der Waals surface area contributed by atoms with Gasteiger partial charge in [0.1, 0.15) is 5.75 Å². The van der Waals surface area contributed by atoms with Gasteiger partial charge in [-0.25, -0.2) is 0 Å². The molecule has 146 valence electrons. The van der Waals surface area contributed by atoms with Gasteiger partial charge in [-0.3, -0.25) is 9.59 Å². The number of nitrogens with zero attached hydrogens (tertiary/aromatic N) is 1. The molecule has 4 rings (SSSR count). The summed E-state index contributed by atoms with van der Waals surface area (Å²) in [6, 6.07) is 16.7. The van der Waals surface area contributed by atoms with Gasteiger partial charge in [-0.2, -0.15) is 0 Å². The lowest BCUT2D eigenvalue weighted by Crippen LogP contribution is -2.34. The lowest BCUT2D eigenvalue weighted by Gasteiger charge is -2.20. The summed E-state index contributed by atoms with van der Waals surface area (Å²) < 4.78 is 11.5. The molecular formula is C22H24N2O4. The molecule has 2 aliphatic heterocycles. The van der Waals surface area contributed by atoms with E-state index < -0.39 is 0 Å². The highest BCUT2D eigenvalue weighted by atomic mass is 16.5. The molecule has 0 bridgehead atoms. The van der Waals surface area contributed by atoms with Gasteiger partial charge in [0.2, 0.25) is 11.8 Å². The fourth-order valence-electron chi connectivity index (χ4n) is 3.67. The smallest absolute Gasteiger partial charge is 0.229 e. The number of anilines is 1. The number of amides is 2. The van der Waals surface area contributed by atoms with Crippen LogP contribution >= 0.6 is 0 Å². The Morgan fingerprint density at radius 2 is 1.93 bits per heavy atom. The zero-order chi connectivity index (χ0) is 19.3. The van der Waals surface area contributed by atoms with E-state index in [1.54, 1.807) is 11.0 Å². The van der Waals surface area contributed by atoms with Crippen molar-refractivity contribution in [2.45, 2.75) is 25.4 Å².